The van der Waals surface area contributed by atoms with Crippen molar-refractivity contribution >= 4 is 22.6 Å². The van der Waals surface area contributed by atoms with Crippen LogP contribution in [0.2, 0.25) is 0 Å². The number of rotatable bonds is 4. The fraction of sp³-hybridized carbons (Fsp3) is 0.0455. The Morgan fingerprint density at radius 3 is 2.48 bits per heavy atom. The number of benzene rings is 3. The summed E-state index contributed by atoms with van der Waals surface area (Å²) in [6, 6.07) is 22.2. The summed E-state index contributed by atoms with van der Waals surface area (Å²) in [6.07, 6.45) is 1.59. The summed E-state index contributed by atoms with van der Waals surface area (Å²) in [5.74, 6) is 0.895. The van der Waals surface area contributed by atoms with Gasteiger partial charge in [-0.25, -0.2) is 9.97 Å². The number of carbonyl (C=O) groups is 1. The maximum absolute atomic E-state index is 12.3. The molecule has 0 unspecified atom stereocenters. The predicted molar refractivity (Wildman–Crippen MR) is 105 cm³/mol. The van der Waals surface area contributed by atoms with Gasteiger partial charge in [0.25, 0.3) is 5.91 Å². The van der Waals surface area contributed by atoms with Crippen LogP contribution in [0, 0.1) is 6.92 Å². The van der Waals surface area contributed by atoms with E-state index < -0.39 is 0 Å². The minimum absolute atomic E-state index is 0.146. The van der Waals surface area contributed by atoms with Crippen molar-refractivity contribution in [3.05, 3.63) is 90.1 Å². The van der Waals surface area contributed by atoms with Gasteiger partial charge < -0.3 is 10.1 Å². The molecule has 0 saturated carbocycles. The molecule has 5 nitrogen and oxygen atoms in total. The highest BCUT2D eigenvalue weighted by Crippen LogP contribution is 2.23. The van der Waals surface area contributed by atoms with E-state index in [2.05, 4.69) is 15.3 Å². The van der Waals surface area contributed by atoms with Crippen molar-refractivity contribution in [1.82, 2.24) is 9.97 Å². The van der Waals surface area contributed by atoms with E-state index in [0.29, 0.717) is 22.9 Å². The molecule has 0 atom stereocenters. The molecule has 0 aliphatic heterocycles. The second-order valence-corrected chi connectivity index (χ2v) is 6.15. The van der Waals surface area contributed by atoms with Gasteiger partial charge in [-0.15, -0.1) is 0 Å². The molecule has 0 aliphatic rings. The lowest BCUT2D eigenvalue weighted by atomic mass is 10.1. The zero-order chi connectivity index (χ0) is 18.6. The van der Waals surface area contributed by atoms with Crippen LogP contribution in [0.4, 0.5) is 5.69 Å². The number of hydrogen-bond acceptors (Lipinski definition) is 4. The molecule has 0 aliphatic carbocycles. The lowest BCUT2D eigenvalue weighted by molar-refractivity contribution is 0.102. The van der Waals surface area contributed by atoms with Crippen molar-refractivity contribution in [3.63, 3.8) is 0 Å². The SMILES string of the molecule is Cc1cccc(C(=O)Nc2ccc(Oc3cnc4ccccc4n3)cc2)c1. The van der Waals surface area contributed by atoms with E-state index in [-0.39, 0.29) is 5.91 Å². The third-order valence-electron chi connectivity index (χ3n) is 4.04. The predicted octanol–water partition coefficient (Wildman–Crippen LogP) is 4.98. The first kappa shape index (κ1) is 16.7. The monoisotopic (exact) mass is 355 g/mol. The molecule has 1 amide bonds. The van der Waals surface area contributed by atoms with Gasteiger partial charge in [0.15, 0.2) is 0 Å². The summed E-state index contributed by atoms with van der Waals surface area (Å²) in [5.41, 5.74) is 3.96. The van der Waals surface area contributed by atoms with E-state index in [0.717, 1.165) is 16.6 Å². The lowest BCUT2D eigenvalue weighted by Gasteiger charge is -2.08. The topological polar surface area (TPSA) is 64.1 Å². The van der Waals surface area contributed by atoms with Gasteiger partial charge in [-0.1, -0.05) is 29.8 Å². The Hall–Kier alpha value is -3.73. The van der Waals surface area contributed by atoms with Crippen molar-refractivity contribution < 1.29 is 9.53 Å². The number of aryl methyl sites for hydroxylation is 1. The number of amides is 1. The molecule has 5 heteroatoms. The van der Waals surface area contributed by atoms with Gasteiger partial charge in [0.2, 0.25) is 5.88 Å². The Morgan fingerprint density at radius 2 is 1.70 bits per heavy atom. The van der Waals surface area contributed by atoms with Crippen LogP contribution in [0.15, 0.2) is 79.0 Å². The van der Waals surface area contributed by atoms with Crippen LogP contribution in [0.1, 0.15) is 15.9 Å². The van der Waals surface area contributed by atoms with Gasteiger partial charge in [-0.3, -0.25) is 4.79 Å². The quantitative estimate of drug-likeness (QED) is 0.560. The summed E-state index contributed by atoms with van der Waals surface area (Å²) in [5, 5.41) is 2.88. The van der Waals surface area contributed by atoms with E-state index in [9.17, 15) is 4.79 Å². The van der Waals surface area contributed by atoms with Gasteiger partial charge >= 0.3 is 0 Å². The highest BCUT2D eigenvalue weighted by atomic mass is 16.5. The second kappa shape index (κ2) is 7.25. The van der Waals surface area contributed by atoms with Gasteiger partial charge in [0.05, 0.1) is 17.2 Å². The standard InChI is InChI=1S/C22H17N3O2/c1-15-5-4-6-16(13-15)22(26)24-17-9-11-18(12-10-17)27-21-14-23-19-7-2-3-8-20(19)25-21/h2-14H,1H3,(H,24,26). The number of fused-ring (bicyclic) bond motifs is 1. The molecule has 4 aromatic rings. The fourth-order valence-electron chi connectivity index (χ4n) is 2.71. The summed E-state index contributed by atoms with van der Waals surface area (Å²) in [4.78, 5) is 21.1. The number of nitrogens with one attached hydrogen (secondary N) is 1. The lowest BCUT2D eigenvalue weighted by Crippen LogP contribution is -2.11. The highest BCUT2D eigenvalue weighted by molar-refractivity contribution is 6.04. The van der Waals surface area contributed by atoms with Crippen LogP contribution >= 0.6 is 0 Å². The zero-order valence-corrected chi connectivity index (χ0v) is 14.7. The maximum atomic E-state index is 12.3. The number of nitrogens with zero attached hydrogens (tertiary/aromatic N) is 2. The third-order valence-corrected chi connectivity index (χ3v) is 4.04. The summed E-state index contributed by atoms with van der Waals surface area (Å²) in [7, 11) is 0. The second-order valence-electron chi connectivity index (χ2n) is 6.15. The summed E-state index contributed by atoms with van der Waals surface area (Å²) < 4.78 is 5.76. The van der Waals surface area contributed by atoms with Crippen molar-refractivity contribution in [2.75, 3.05) is 5.32 Å². The molecule has 0 spiro atoms. The van der Waals surface area contributed by atoms with E-state index >= 15 is 0 Å². The molecule has 1 aromatic heterocycles. The van der Waals surface area contributed by atoms with Crippen LogP contribution in [-0.2, 0) is 0 Å². The van der Waals surface area contributed by atoms with Gasteiger partial charge in [0, 0.05) is 11.3 Å². The molecular formula is C22H17N3O2. The summed E-state index contributed by atoms with van der Waals surface area (Å²) in [6.45, 7) is 1.96. The number of ether oxygens (including phenoxy) is 1. The first-order valence-corrected chi connectivity index (χ1v) is 8.55. The van der Waals surface area contributed by atoms with Crippen LogP contribution in [0.3, 0.4) is 0 Å². The molecule has 4 rings (SSSR count). The smallest absolute Gasteiger partial charge is 0.255 e. The van der Waals surface area contributed by atoms with Crippen molar-refractivity contribution in [3.8, 4) is 11.6 Å². The Kier molecular flexibility index (Phi) is 4.49. The molecule has 0 radical (unpaired) electrons. The van der Waals surface area contributed by atoms with Gasteiger partial charge in [-0.2, -0.15) is 0 Å². The molecular weight excluding hydrogens is 338 g/mol. The highest BCUT2D eigenvalue weighted by Gasteiger charge is 2.07. The maximum Gasteiger partial charge on any atom is 0.255 e. The Bertz CT molecular complexity index is 1110. The largest absolute Gasteiger partial charge is 0.437 e. The molecule has 0 saturated heterocycles. The van der Waals surface area contributed by atoms with Crippen LogP contribution in [0.5, 0.6) is 11.6 Å². The van der Waals surface area contributed by atoms with E-state index in [1.54, 1.807) is 36.5 Å². The minimum Gasteiger partial charge on any atom is -0.437 e. The molecule has 0 bridgehead atoms. The summed E-state index contributed by atoms with van der Waals surface area (Å²) >= 11 is 0. The molecule has 27 heavy (non-hydrogen) atoms. The van der Waals surface area contributed by atoms with Gasteiger partial charge in [-0.05, 0) is 55.5 Å². The zero-order valence-electron chi connectivity index (χ0n) is 14.7. The van der Waals surface area contributed by atoms with Crippen molar-refractivity contribution in [2.45, 2.75) is 6.92 Å². The third kappa shape index (κ3) is 3.93. The number of para-hydroxylation sites is 2. The number of anilines is 1. The van der Waals surface area contributed by atoms with Crippen LogP contribution in [-0.4, -0.2) is 15.9 Å². The number of carbonyl (C=O) groups excluding carboxylic acids is 1. The van der Waals surface area contributed by atoms with Crippen LogP contribution < -0.4 is 10.1 Å². The van der Waals surface area contributed by atoms with E-state index in [1.165, 1.54) is 0 Å². The Morgan fingerprint density at radius 1 is 0.926 bits per heavy atom. The van der Waals surface area contributed by atoms with Crippen molar-refractivity contribution in [1.29, 1.82) is 0 Å². The van der Waals surface area contributed by atoms with Gasteiger partial charge in [0.1, 0.15) is 5.75 Å². The molecule has 0 fully saturated rings. The number of aromatic nitrogens is 2. The Balaban J connectivity index is 1.46. The van der Waals surface area contributed by atoms with E-state index in [4.69, 9.17) is 4.74 Å². The first-order valence-electron chi connectivity index (χ1n) is 8.55. The molecule has 3 aromatic carbocycles. The minimum atomic E-state index is -0.146. The molecule has 132 valence electrons. The average molecular weight is 355 g/mol. The number of hydrogen-bond donors (Lipinski definition) is 1. The normalized spacial score (nSPS) is 10.6. The fourth-order valence-corrected chi connectivity index (χ4v) is 2.71. The van der Waals surface area contributed by atoms with Crippen molar-refractivity contribution in [2.24, 2.45) is 0 Å². The first-order chi connectivity index (χ1) is 13.2. The average Bonchev–Trinajstić information content (AvgIpc) is 2.69. The molecule has 1 N–H and O–H groups in total. The molecule has 1 heterocycles. The Labute approximate surface area is 156 Å². The van der Waals surface area contributed by atoms with E-state index in [1.807, 2.05) is 49.4 Å². The van der Waals surface area contributed by atoms with Crippen LogP contribution in [0.25, 0.3) is 11.0 Å².